The van der Waals surface area contributed by atoms with E-state index in [1.807, 2.05) is 18.2 Å². The Bertz CT molecular complexity index is 1050. The second-order valence-corrected chi connectivity index (χ2v) is 5.97. The average molecular weight is 369 g/mol. The third-order valence-corrected chi connectivity index (χ3v) is 4.22. The van der Waals surface area contributed by atoms with E-state index >= 15 is 0 Å². The zero-order valence-corrected chi connectivity index (χ0v) is 14.7. The van der Waals surface area contributed by atoms with Crippen molar-refractivity contribution in [1.29, 1.82) is 0 Å². The topological polar surface area (TPSA) is 111 Å². The molecule has 0 aliphatic heterocycles. The second-order valence-electron chi connectivity index (χ2n) is 5.97. The first-order valence-electron chi connectivity index (χ1n) is 8.37. The number of carbonyl (C=O) groups is 1. The van der Waals surface area contributed by atoms with Gasteiger partial charge in [0.25, 0.3) is 5.69 Å². The highest BCUT2D eigenvalue weighted by atomic mass is 16.6. The lowest BCUT2D eigenvalue weighted by molar-refractivity contribution is -0.384. The monoisotopic (exact) mass is 369 g/mol. The molecule has 0 radical (unpaired) electrons. The van der Waals surface area contributed by atoms with Crippen LogP contribution < -0.4 is 16.3 Å². The predicted octanol–water partition coefficient (Wildman–Crippen LogP) is 1.48. The molecule has 0 aliphatic rings. The van der Waals surface area contributed by atoms with Gasteiger partial charge in [-0.1, -0.05) is 24.3 Å². The van der Waals surface area contributed by atoms with Crippen molar-refractivity contribution >= 4 is 28.3 Å². The molecular formula is C18H19N5O4. The fraction of sp³-hybridized carbons (Fsp3) is 0.222. The maximum Gasteiger partial charge on any atom is 0.329 e. The van der Waals surface area contributed by atoms with E-state index in [2.05, 4.69) is 10.6 Å². The zero-order chi connectivity index (χ0) is 19.4. The minimum Gasteiger partial charge on any atom is -0.378 e. The van der Waals surface area contributed by atoms with Gasteiger partial charge in [0.15, 0.2) is 0 Å². The number of fused-ring (bicyclic) bond motifs is 1. The Morgan fingerprint density at radius 3 is 2.48 bits per heavy atom. The molecule has 0 saturated carbocycles. The molecular weight excluding hydrogens is 350 g/mol. The van der Waals surface area contributed by atoms with Crippen molar-refractivity contribution in [2.75, 3.05) is 18.4 Å². The molecule has 0 fully saturated rings. The molecule has 0 atom stereocenters. The van der Waals surface area contributed by atoms with Gasteiger partial charge in [-0.05, 0) is 18.2 Å². The van der Waals surface area contributed by atoms with Crippen LogP contribution in [0.2, 0.25) is 0 Å². The summed E-state index contributed by atoms with van der Waals surface area (Å²) in [6, 6.07) is 13.6. The van der Waals surface area contributed by atoms with Gasteiger partial charge < -0.3 is 10.6 Å². The number of carbonyl (C=O) groups excluding carboxylic acids is 1. The molecule has 1 heterocycles. The largest absolute Gasteiger partial charge is 0.378 e. The summed E-state index contributed by atoms with van der Waals surface area (Å²) in [5, 5.41) is 16.6. The number of aryl methyl sites for hydroxylation is 1. The quantitative estimate of drug-likeness (QED) is 0.372. The summed E-state index contributed by atoms with van der Waals surface area (Å²) >= 11 is 0. The molecule has 27 heavy (non-hydrogen) atoms. The number of benzene rings is 2. The van der Waals surface area contributed by atoms with Crippen molar-refractivity contribution in [3.63, 3.8) is 0 Å². The number of aromatic nitrogens is 2. The standard InChI is InChI=1S/C18H19N5O4/c1-21-15-8-4-5-9-16(15)22(18(21)25)12-17(24)20-11-10-19-13-6-2-3-7-14(13)23(26)27/h2-9,19H,10-12H2,1H3,(H,20,24). The van der Waals surface area contributed by atoms with E-state index in [4.69, 9.17) is 0 Å². The van der Waals surface area contributed by atoms with Gasteiger partial charge in [-0.3, -0.25) is 24.0 Å². The molecule has 0 spiro atoms. The van der Waals surface area contributed by atoms with Crippen molar-refractivity contribution in [2.45, 2.75) is 6.54 Å². The molecule has 2 N–H and O–H groups in total. The number of hydrogen-bond donors (Lipinski definition) is 2. The second kappa shape index (κ2) is 7.73. The molecule has 0 bridgehead atoms. The maximum atomic E-state index is 12.3. The Hall–Kier alpha value is -3.62. The first-order chi connectivity index (χ1) is 13.0. The summed E-state index contributed by atoms with van der Waals surface area (Å²) in [5.41, 5.74) is 1.56. The van der Waals surface area contributed by atoms with Crippen LogP contribution in [0.3, 0.4) is 0 Å². The smallest absolute Gasteiger partial charge is 0.329 e. The normalized spacial score (nSPS) is 10.7. The molecule has 0 unspecified atom stereocenters. The molecule has 9 nitrogen and oxygen atoms in total. The molecule has 0 aliphatic carbocycles. The number of nitrogens with zero attached hydrogens (tertiary/aromatic N) is 3. The molecule has 2 aromatic carbocycles. The fourth-order valence-corrected chi connectivity index (χ4v) is 2.90. The first kappa shape index (κ1) is 18.2. The van der Waals surface area contributed by atoms with Gasteiger partial charge in [0.1, 0.15) is 12.2 Å². The zero-order valence-electron chi connectivity index (χ0n) is 14.7. The average Bonchev–Trinajstić information content (AvgIpc) is 2.91. The molecule has 3 rings (SSSR count). The van der Waals surface area contributed by atoms with Gasteiger partial charge in [0.2, 0.25) is 5.91 Å². The lowest BCUT2D eigenvalue weighted by Crippen LogP contribution is -2.35. The first-order valence-corrected chi connectivity index (χ1v) is 8.37. The number of rotatable bonds is 7. The number of nitro benzene ring substituents is 1. The van der Waals surface area contributed by atoms with E-state index in [0.29, 0.717) is 17.7 Å². The highest BCUT2D eigenvalue weighted by Crippen LogP contribution is 2.22. The van der Waals surface area contributed by atoms with Gasteiger partial charge in [-0.15, -0.1) is 0 Å². The van der Waals surface area contributed by atoms with Crippen molar-refractivity contribution in [3.8, 4) is 0 Å². The predicted molar refractivity (Wildman–Crippen MR) is 102 cm³/mol. The molecule has 3 aromatic rings. The highest BCUT2D eigenvalue weighted by molar-refractivity contribution is 5.80. The van der Waals surface area contributed by atoms with Gasteiger partial charge in [0, 0.05) is 26.2 Å². The fourth-order valence-electron chi connectivity index (χ4n) is 2.90. The number of anilines is 1. The number of imidazole rings is 1. The third kappa shape index (κ3) is 3.81. The van der Waals surface area contributed by atoms with Crippen LogP contribution in [0, 0.1) is 10.1 Å². The van der Waals surface area contributed by atoms with Crippen LogP contribution in [0.25, 0.3) is 11.0 Å². The van der Waals surface area contributed by atoms with Gasteiger partial charge in [0.05, 0.1) is 16.0 Å². The molecule has 0 saturated heterocycles. The van der Waals surface area contributed by atoms with Crippen LogP contribution >= 0.6 is 0 Å². The number of amides is 1. The lowest BCUT2D eigenvalue weighted by atomic mass is 10.2. The van der Waals surface area contributed by atoms with Crippen LogP contribution in [-0.2, 0) is 18.4 Å². The summed E-state index contributed by atoms with van der Waals surface area (Å²) in [4.78, 5) is 35.0. The Kier molecular flexibility index (Phi) is 5.20. The SMILES string of the molecule is Cn1c(=O)n(CC(=O)NCCNc2ccccc2[N+](=O)[O-])c2ccccc21. The van der Waals surface area contributed by atoms with Crippen molar-refractivity contribution in [3.05, 3.63) is 69.1 Å². The Morgan fingerprint density at radius 1 is 1.07 bits per heavy atom. The van der Waals surface area contributed by atoms with Gasteiger partial charge in [-0.2, -0.15) is 0 Å². The van der Waals surface area contributed by atoms with Crippen LogP contribution in [0.4, 0.5) is 11.4 Å². The van der Waals surface area contributed by atoms with Crippen molar-refractivity contribution in [2.24, 2.45) is 7.05 Å². The maximum absolute atomic E-state index is 12.3. The van der Waals surface area contributed by atoms with Crippen LogP contribution in [0.15, 0.2) is 53.3 Å². The van der Waals surface area contributed by atoms with Crippen LogP contribution in [0.1, 0.15) is 0 Å². The van der Waals surface area contributed by atoms with E-state index in [1.54, 1.807) is 31.3 Å². The molecule has 1 amide bonds. The molecule has 140 valence electrons. The van der Waals surface area contributed by atoms with E-state index in [0.717, 1.165) is 5.52 Å². The number of hydrogen-bond acceptors (Lipinski definition) is 5. The molecule has 1 aromatic heterocycles. The van der Waals surface area contributed by atoms with Crippen LogP contribution in [0.5, 0.6) is 0 Å². The van der Waals surface area contributed by atoms with E-state index < -0.39 is 4.92 Å². The van der Waals surface area contributed by atoms with E-state index in [-0.39, 0.29) is 30.4 Å². The number of nitro groups is 1. The van der Waals surface area contributed by atoms with Gasteiger partial charge >= 0.3 is 5.69 Å². The Labute approximate surface area is 154 Å². The Morgan fingerprint density at radius 2 is 1.74 bits per heavy atom. The van der Waals surface area contributed by atoms with Crippen molar-refractivity contribution < 1.29 is 9.72 Å². The summed E-state index contributed by atoms with van der Waals surface area (Å²) < 4.78 is 2.92. The number of para-hydroxylation sites is 4. The third-order valence-electron chi connectivity index (χ3n) is 4.22. The van der Waals surface area contributed by atoms with E-state index in [1.165, 1.54) is 15.2 Å². The summed E-state index contributed by atoms with van der Waals surface area (Å²) in [6.45, 7) is 0.497. The van der Waals surface area contributed by atoms with Crippen molar-refractivity contribution in [1.82, 2.24) is 14.5 Å². The lowest BCUT2D eigenvalue weighted by Gasteiger charge is -2.09. The minimum absolute atomic E-state index is 0.0221. The van der Waals surface area contributed by atoms with E-state index in [9.17, 15) is 19.7 Å². The summed E-state index contributed by atoms with van der Waals surface area (Å²) in [5.74, 6) is -0.308. The minimum atomic E-state index is -0.464. The molecule has 9 heteroatoms. The van der Waals surface area contributed by atoms with Gasteiger partial charge in [-0.25, -0.2) is 4.79 Å². The Balaban J connectivity index is 1.58. The summed E-state index contributed by atoms with van der Waals surface area (Å²) in [6.07, 6.45) is 0. The summed E-state index contributed by atoms with van der Waals surface area (Å²) in [7, 11) is 1.66. The number of nitrogens with one attached hydrogen (secondary N) is 2. The van der Waals surface area contributed by atoms with Crippen LogP contribution in [-0.4, -0.2) is 33.1 Å². The highest BCUT2D eigenvalue weighted by Gasteiger charge is 2.14.